The van der Waals surface area contributed by atoms with E-state index in [1.807, 2.05) is 0 Å². The molecule has 10 heavy (non-hydrogen) atoms. The topological polar surface area (TPSA) is 118 Å². The van der Waals surface area contributed by atoms with E-state index in [1.165, 1.54) is 0 Å². The molecule has 0 saturated carbocycles. The summed E-state index contributed by atoms with van der Waals surface area (Å²) < 4.78 is 16.7. The first kappa shape index (κ1) is 12.1. The number of aliphatic carboxylic acids is 1. The molecule has 0 unspecified atom stereocenters. The van der Waals surface area contributed by atoms with Crippen LogP contribution >= 0.6 is 0 Å². The van der Waals surface area contributed by atoms with Gasteiger partial charge in [-0.3, -0.25) is 4.79 Å². The normalized spacial score (nSPS) is 11.0. The van der Waals surface area contributed by atoms with Crippen LogP contribution in [0.2, 0.25) is 0 Å². The predicted molar refractivity (Wildman–Crippen MR) is 32.8 cm³/mol. The maximum absolute atomic E-state index is 9.65. The van der Waals surface area contributed by atoms with Crippen LogP contribution in [0.3, 0.4) is 0 Å². The minimum atomic E-state index is -1.18. The summed E-state index contributed by atoms with van der Waals surface area (Å²) in [7, 11) is 0. The summed E-state index contributed by atoms with van der Waals surface area (Å²) in [4.78, 5) is 9.65. The molecular weight excluding hydrogens is 162 g/mol. The molecule has 0 saturated heterocycles. The van der Waals surface area contributed by atoms with Crippen LogP contribution in [0.1, 0.15) is 0 Å². The number of aliphatic hydroxyl groups is 1. The van der Waals surface area contributed by atoms with E-state index in [2.05, 4.69) is 0 Å². The monoisotopic (exact) mass is 170 g/mol. The molecule has 0 heterocycles. The zero-order valence-electron chi connectivity index (χ0n) is 4.93. The van der Waals surface area contributed by atoms with Crippen LogP contribution < -0.4 is 5.73 Å². The molecule has 0 radical (unpaired) electrons. The van der Waals surface area contributed by atoms with Gasteiger partial charge in [-0.25, -0.2) is 0 Å². The lowest BCUT2D eigenvalue weighted by Crippen LogP contribution is -2.33. The lowest BCUT2D eigenvalue weighted by molar-refractivity contribution is -0.139. The average molecular weight is 170 g/mol. The Morgan fingerprint density at radius 1 is 1.60 bits per heavy atom. The molecule has 0 aromatic rings. The quantitative estimate of drug-likeness (QED) is 0.322. The number of carboxylic acid groups (broad SMARTS) is 1. The fraction of sp³-hybridized carbons (Fsp3) is 0.667. The highest BCUT2D eigenvalue weighted by atomic mass is 32.1. The maximum atomic E-state index is 9.65. The second-order valence-corrected chi connectivity index (χ2v) is 1.35. The van der Waals surface area contributed by atoms with Gasteiger partial charge in [-0.15, -0.1) is 0 Å². The van der Waals surface area contributed by atoms with E-state index in [1.54, 1.807) is 0 Å². The Morgan fingerprint density at radius 3 is 1.90 bits per heavy atom. The van der Waals surface area contributed by atoms with Crippen molar-refractivity contribution < 1.29 is 23.4 Å². The van der Waals surface area contributed by atoms with E-state index in [4.69, 9.17) is 24.4 Å². The second kappa shape index (κ2) is 8.34. The van der Waals surface area contributed by atoms with Gasteiger partial charge in [-0.1, -0.05) is 11.6 Å². The first-order chi connectivity index (χ1) is 4.59. The number of hydrogen-bond donors (Lipinski definition) is 3. The summed E-state index contributed by atoms with van der Waals surface area (Å²) in [6.45, 7) is -0.505. The van der Waals surface area contributed by atoms with Crippen LogP contribution in [0, 0.1) is 0 Å². The third-order valence-electron chi connectivity index (χ3n) is 0.514. The molecule has 0 bridgehead atoms. The van der Waals surface area contributed by atoms with Crippen LogP contribution in [0.15, 0.2) is 0 Å². The molecule has 0 aliphatic rings. The Kier molecular flexibility index (Phi) is 10.1. The Labute approximate surface area is 60.3 Å². The molecule has 4 N–H and O–H groups in total. The standard InChI is InChI=1S/C3H7NO3.HO2S/c4-2(1-5)3(6)7;1-3-2/h2,5H,1,4H2,(H,6,7);3H/q;-1/t2-;/m0./s1. The molecule has 6 nitrogen and oxygen atoms in total. The molecule has 7 heteroatoms. The van der Waals surface area contributed by atoms with Gasteiger partial charge in [0, 0.05) is 0 Å². The third kappa shape index (κ3) is 10.3. The van der Waals surface area contributed by atoms with Gasteiger partial charge in [-0.2, -0.15) is 0 Å². The van der Waals surface area contributed by atoms with Crippen molar-refractivity contribution in [3.8, 4) is 0 Å². The van der Waals surface area contributed by atoms with E-state index in [9.17, 15) is 4.79 Å². The zero-order chi connectivity index (χ0) is 8.57. The molecule has 1 atom stereocenters. The van der Waals surface area contributed by atoms with Crippen LogP contribution in [0.4, 0.5) is 0 Å². The van der Waals surface area contributed by atoms with E-state index < -0.39 is 30.2 Å². The summed E-state index contributed by atoms with van der Waals surface area (Å²) in [5, 5.41) is 15.9. The number of carboxylic acids is 1. The van der Waals surface area contributed by atoms with Gasteiger partial charge in [0.1, 0.15) is 6.04 Å². The van der Waals surface area contributed by atoms with Crippen molar-refractivity contribution >= 4 is 17.5 Å². The van der Waals surface area contributed by atoms with Crippen molar-refractivity contribution in [1.29, 1.82) is 0 Å². The van der Waals surface area contributed by atoms with Gasteiger partial charge in [0.2, 0.25) is 0 Å². The summed E-state index contributed by atoms with van der Waals surface area (Å²) in [6.07, 6.45) is 0. The van der Waals surface area contributed by atoms with Crippen molar-refractivity contribution in [2.45, 2.75) is 6.04 Å². The van der Waals surface area contributed by atoms with E-state index in [-0.39, 0.29) is 0 Å². The fourth-order valence-corrected chi connectivity index (χ4v) is 0.0781. The Hall–Kier alpha value is -0.660. The fourth-order valence-electron chi connectivity index (χ4n) is 0.0781. The molecule has 0 aromatic carbocycles. The van der Waals surface area contributed by atoms with E-state index >= 15 is 0 Å². The van der Waals surface area contributed by atoms with Gasteiger partial charge in [0.25, 0.3) is 0 Å². The molecule has 0 rings (SSSR count). The second-order valence-electron chi connectivity index (χ2n) is 1.20. The van der Waals surface area contributed by atoms with Crippen molar-refractivity contribution in [2.75, 3.05) is 6.61 Å². The number of carbonyl (C=O) groups is 1. The van der Waals surface area contributed by atoms with Crippen LogP contribution in [0.5, 0.6) is 0 Å². The van der Waals surface area contributed by atoms with Gasteiger partial charge in [0.15, 0.2) is 0 Å². The van der Waals surface area contributed by atoms with Gasteiger partial charge >= 0.3 is 5.97 Å². The predicted octanol–water partition coefficient (Wildman–Crippen LogP) is -2.12. The lowest BCUT2D eigenvalue weighted by atomic mass is 10.3. The van der Waals surface area contributed by atoms with Crippen molar-refractivity contribution in [3.05, 3.63) is 0 Å². The highest BCUT2D eigenvalue weighted by Crippen LogP contribution is 1.71. The Balaban J connectivity index is 0. The summed E-state index contributed by atoms with van der Waals surface area (Å²) >= 11 is -1.08. The van der Waals surface area contributed by atoms with Crippen molar-refractivity contribution in [1.82, 2.24) is 0 Å². The molecule has 0 aromatic heterocycles. The molecular formula is C3H8NO5S-. The number of rotatable bonds is 2. The average Bonchev–Trinajstić information content (AvgIpc) is 1.88. The molecule has 0 fully saturated rings. The van der Waals surface area contributed by atoms with Crippen molar-refractivity contribution in [2.24, 2.45) is 5.73 Å². The van der Waals surface area contributed by atoms with Crippen LogP contribution in [-0.4, -0.2) is 28.8 Å². The minimum Gasteiger partial charge on any atom is -0.480 e. The Morgan fingerprint density at radius 2 is 1.90 bits per heavy atom. The molecule has 0 aliphatic carbocycles. The van der Waals surface area contributed by atoms with Crippen molar-refractivity contribution in [3.63, 3.8) is 0 Å². The SMILES string of the molecule is N[C@@H](CO)C(=O)O.O=[SH-]=O. The number of aliphatic hydroxyl groups excluding tert-OH is 1. The molecule has 0 aliphatic heterocycles. The molecule has 62 valence electrons. The van der Waals surface area contributed by atoms with Gasteiger partial charge in [-0.05, 0) is 0 Å². The maximum Gasteiger partial charge on any atom is 0.322 e. The van der Waals surface area contributed by atoms with Gasteiger partial charge < -0.3 is 24.4 Å². The number of thiol groups is 1. The summed E-state index contributed by atoms with van der Waals surface area (Å²) in [5.74, 6) is -1.18. The third-order valence-corrected chi connectivity index (χ3v) is 0.514. The summed E-state index contributed by atoms with van der Waals surface area (Å²) in [5.41, 5.74) is 4.77. The number of hydrogen-bond acceptors (Lipinski definition) is 6. The highest BCUT2D eigenvalue weighted by Gasteiger charge is 2.06. The minimum absolute atomic E-state index is 0.505. The first-order valence-corrected chi connectivity index (χ1v) is 2.87. The smallest absolute Gasteiger partial charge is 0.322 e. The lowest BCUT2D eigenvalue weighted by Gasteiger charge is -1.96. The highest BCUT2D eigenvalue weighted by molar-refractivity contribution is 7.51. The van der Waals surface area contributed by atoms with Gasteiger partial charge in [0.05, 0.1) is 6.61 Å². The van der Waals surface area contributed by atoms with Crippen LogP contribution in [-0.2, 0) is 24.8 Å². The zero-order valence-corrected chi connectivity index (χ0v) is 5.82. The molecule has 0 spiro atoms. The first-order valence-electron chi connectivity index (χ1n) is 2.14. The van der Waals surface area contributed by atoms with E-state index in [0.717, 1.165) is 0 Å². The summed E-state index contributed by atoms with van der Waals surface area (Å²) in [6, 6.07) is -1.13. The van der Waals surface area contributed by atoms with E-state index in [0.29, 0.717) is 0 Å². The molecule has 0 amide bonds. The number of nitrogens with two attached hydrogens (primary N) is 1. The Bertz CT molecular complexity index is 131. The largest absolute Gasteiger partial charge is 0.480 e. The van der Waals surface area contributed by atoms with Crippen LogP contribution in [0.25, 0.3) is 0 Å².